The number of ether oxygens (including phenoxy) is 2. The minimum absolute atomic E-state index is 0.128. The fourth-order valence-corrected chi connectivity index (χ4v) is 2.76. The molecule has 130 valence electrons. The lowest BCUT2D eigenvalue weighted by Crippen LogP contribution is -2.26. The van der Waals surface area contributed by atoms with Crippen molar-refractivity contribution in [3.8, 4) is 11.5 Å². The Morgan fingerprint density at radius 2 is 2.00 bits per heavy atom. The first-order chi connectivity index (χ1) is 12.1. The molecule has 6 heteroatoms. The molecule has 2 heterocycles. The topological polar surface area (TPSA) is 64.9 Å². The number of carbonyl (C=O) groups is 1. The zero-order valence-electron chi connectivity index (χ0n) is 14.6. The van der Waals surface area contributed by atoms with Crippen molar-refractivity contribution in [3.05, 3.63) is 59.5 Å². The summed E-state index contributed by atoms with van der Waals surface area (Å²) in [5, 5.41) is 2.95. The fraction of sp³-hybridized carbons (Fsp3) is 0.263. The summed E-state index contributed by atoms with van der Waals surface area (Å²) < 4.78 is 12.4. The highest BCUT2D eigenvalue weighted by Gasteiger charge is 2.12. The minimum Gasteiger partial charge on any atom is -0.493 e. The molecule has 1 N–H and O–H groups in total. The summed E-state index contributed by atoms with van der Waals surface area (Å²) in [7, 11) is 3.21. The number of imidazole rings is 1. The Labute approximate surface area is 146 Å². The Balaban J connectivity index is 1.66. The first-order valence-electron chi connectivity index (χ1n) is 8.06. The number of fused-ring (bicyclic) bond motifs is 1. The van der Waals surface area contributed by atoms with Gasteiger partial charge in [-0.25, -0.2) is 4.98 Å². The zero-order chi connectivity index (χ0) is 17.8. The molecule has 0 spiro atoms. The summed E-state index contributed by atoms with van der Waals surface area (Å²) in [5.74, 6) is 1.25. The van der Waals surface area contributed by atoms with Crippen LogP contribution in [0, 0.1) is 6.92 Å². The maximum absolute atomic E-state index is 12.5. The lowest BCUT2D eigenvalue weighted by atomic mass is 10.1. The van der Waals surface area contributed by atoms with Crippen LogP contribution in [-0.4, -0.2) is 36.1 Å². The third-order valence-electron chi connectivity index (χ3n) is 4.00. The summed E-state index contributed by atoms with van der Waals surface area (Å²) in [6, 6.07) is 9.38. The Morgan fingerprint density at radius 3 is 2.76 bits per heavy atom. The van der Waals surface area contributed by atoms with Gasteiger partial charge in [0.05, 0.1) is 25.5 Å². The van der Waals surface area contributed by atoms with Crippen LogP contribution >= 0.6 is 0 Å². The zero-order valence-corrected chi connectivity index (χ0v) is 14.6. The average molecular weight is 339 g/mol. The molecule has 6 nitrogen and oxygen atoms in total. The molecule has 0 aliphatic rings. The highest BCUT2D eigenvalue weighted by atomic mass is 16.5. The molecule has 2 aromatic heterocycles. The molecule has 0 atom stereocenters. The summed E-state index contributed by atoms with van der Waals surface area (Å²) in [4.78, 5) is 16.9. The number of hydrogen-bond donors (Lipinski definition) is 1. The lowest BCUT2D eigenvalue weighted by Gasteiger charge is -2.10. The average Bonchev–Trinajstić information content (AvgIpc) is 3.01. The fourth-order valence-electron chi connectivity index (χ4n) is 2.76. The number of nitrogens with zero attached hydrogens (tertiary/aromatic N) is 2. The van der Waals surface area contributed by atoms with Crippen LogP contribution in [0.3, 0.4) is 0 Å². The smallest absolute Gasteiger partial charge is 0.255 e. The van der Waals surface area contributed by atoms with Crippen molar-refractivity contribution in [2.24, 2.45) is 0 Å². The van der Waals surface area contributed by atoms with Crippen molar-refractivity contribution in [2.45, 2.75) is 13.3 Å². The molecular formula is C19H21N3O3. The molecule has 1 amide bonds. The van der Waals surface area contributed by atoms with E-state index in [1.165, 1.54) is 0 Å². The van der Waals surface area contributed by atoms with E-state index in [0.717, 1.165) is 11.3 Å². The van der Waals surface area contributed by atoms with Crippen LogP contribution in [0.5, 0.6) is 11.5 Å². The van der Waals surface area contributed by atoms with E-state index in [2.05, 4.69) is 10.3 Å². The van der Waals surface area contributed by atoms with Gasteiger partial charge < -0.3 is 19.2 Å². The predicted molar refractivity (Wildman–Crippen MR) is 95.5 cm³/mol. The van der Waals surface area contributed by atoms with Gasteiger partial charge in [0, 0.05) is 18.9 Å². The van der Waals surface area contributed by atoms with Crippen molar-refractivity contribution < 1.29 is 14.3 Å². The molecule has 0 radical (unpaired) electrons. The van der Waals surface area contributed by atoms with Crippen LogP contribution in [0.25, 0.3) is 5.65 Å². The second-order valence-corrected chi connectivity index (χ2v) is 5.73. The molecule has 0 bridgehead atoms. The number of amides is 1. The maximum atomic E-state index is 12.5. The number of aromatic nitrogens is 2. The maximum Gasteiger partial charge on any atom is 0.255 e. The van der Waals surface area contributed by atoms with Crippen LogP contribution in [0.1, 0.15) is 21.6 Å². The third kappa shape index (κ3) is 3.57. The number of nitrogens with one attached hydrogen (secondary N) is 1. The van der Waals surface area contributed by atoms with E-state index < -0.39 is 0 Å². The van der Waals surface area contributed by atoms with Crippen LogP contribution in [0.15, 0.2) is 42.7 Å². The monoisotopic (exact) mass is 339 g/mol. The van der Waals surface area contributed by atoms with Crippen LogP contribution in [-0.2, 0) is 6.42 Å². The van der Waals surface area contributed by atoms with Gasteiger partial charge >= 0.3 is 0 Å². The Bertz CT molecular complexity index is 902. The van der Waals surface area contributed by atoms with E-state index in [-0.39, 0.29) is 5.91 Å². The third-order valence-corrected chi connectivity index (χ3v) is 4.00. The van der Waals surface area contributed by atoms with E-state index in [9.17, 15) is 4.79 Å². The van der Waals surface area contributed by atoms with E-state index in [1.54, 1.807) is 20.3 Å². The Kier molecular flexibility index (Phi) is 4.88. The van der Waals surface area contributed by atoms with Gasteiger partial charge in [-0.2, -0.15) is 0 Å². The van der Waals surface area contributed by atoms with Gasteiger partial charge in [0.2, 0.25) is 0 Å². The van der Waals surface area contributed by atoms with Crippen molar-refractivity contribution in [3.63, 3.8) is 0 Å². The quantitative estimate of drug-likeness (QED) is 0.750. The van der Waals surface area contributed by atoms with Crippen LogP contribution in [0.2, 0.25) is 0 Å². The van der Waals surface area contributed by atoms with Gasteiger partial charge in [0.1, 0.15) is 5.65 Å². The van der Waals surface area contributed by atoms with Crippen molar-refractivity contribution in [1.29, 1.82) is 0 Å². The first-order valence-corrected chi connectivity index (χ1v) is 8.06. The van der Waals surface area contributed by atoms with Crippen molar-refractivity contribution in [2.75, 3.05) is 20.8 Å². The van der Waals surface area contributed by atoms with Crippen LogP contribution < -0.4 is 14.8 Å². The van der Waals surface area contributed by atoms with E-state index in [0.29, 0.717) is 35.7 Å². The SMILES string of the molecule is COc1ccc(CCNC(=O)c2cccn3cc(C)nc23)cc1OC. The van der Waals surface area contributed by atoms with Gasteiger partial charge in [-0.05, 0) is 43.2 Å². The second kappa shape index (κ2) is 7.25. The van der Waals surface area contributed by atoms with Gasteiger partial charge in [-0.1, -0.05) is 6.07 Å². The van der Waals surface area contributed by atoms with E-state index >= 15 is 0 Å². The molecular weight excluding hydrogens is 318 g/mol. The van der Waals surface area contributed by atoms with Crippen LogP contribution in [0.4, 0.5) is 0 Å². The van der Waals surface area contributed by atoms with Gasteiger partial charge in [0.25, 0.3) is 5.91 Å². The number of methoxy groups -OCH3 is 2. The largest absolute Gasteiger partial charge is 0.493 e. The summed E-state index contributed by atoms with van der Waals surface area (Å²) in [5.41, 5.74) is 3.19. The summed E-state index contributed by atoms with van der Waals surface area (Å²) in [6.07, 6.45) is 4.48. The van der Waals surface area contributed by atoms with Crippen molar-refractivity contribution >= 4 is 11.6 Å². The number of benzene rings is 1. The number of rotatable bonds is 6. The van der Waals surface area contributed by atoms with E-state index in [1.807, 2.05) is 48.0 Å². The van der Waals surface area contributed by atoms with Gasteiger partial charge in [0.15, 0.2) is 11.5 Å². The van der Waals surface area contributed by atoms with Crippen molar-refractivity contribution in [1.82, 2.24) is 14.7 Å². The second-order valence-electron chi connectivity index (χ2n) is 5.73. The molecule has 3 aromatic rings. The number of aryl methyl sites for hydroxylation is 1. The standard InChI is InChI=1S/C19H21N3O3/c1-13-12-22-10-4-5-15(18(22)21-13)19(23)20-9-8-14-6-7-16(24-2)17(11-14)25-3/h4-7,10-12H,8-9H2,1-3H3,(H,20,23). The normalized spacial score (nSPS) is 10.7. The first kappa shape index (κ1) is 16.8. The molecule has 0 fully saturated rings. The number of hydrogen-bond acceptors (Lipinski definition) is 4. The highest BCUT2D eigenvalue weighted by molar-refractivity contribution is 5.99. The van der Waals surface area contributed by atoms with Gasteiger partial charge in [-0.15, -0.1) is 0 Å². The highest BCUT2D eigenvalue weighted by Crippen LogP contribution is 2.27. The predicted octanol–water partition coefficient (Wildman–Crippen LogP) is 2.63. The Morgan fingerprint density at radius 1 is 1.20 bits per heavy atom. The number of pyridine rings is 1. The van der Waals surface area contributed by atoms with E-state index in [4.69, 9.17) is 9.47 Å². The molecule has 0 saturated carbocycles. The molecule has 0 unspecified atom stereocenters. The molecule has 25 heavy (non-hydrogen) atoms. The molecule has 0 saturated heterocycles. The summed E-state index contributed by atoms with van der Waals surface area (Å²) in [6.45, 7) is 2.43. The Hall–Kier alpha value is -3.02. The molecule has 0 aliphatic heterocycles. The molecule has 3 rings (SSSR count). The van der Waals surface area contributed by atoms with Gasteiger partial charge in [-0.3, -0.25) is 4.79 Å². The number of carbonyl (C=O) groups excluding carboxylic acids is 1. The lowest BCUT2D eigenvalue weighted by molar-refractivity contribution is 0.0955. The summed E-state index contributed by atoms with van der Waals surface area (Å²) >= 11 is 0. The molecule has 0 aliphatic carbocycles. The minimum atomic E-state index is -0.128. The molecule has 1 aromatic carbocycles.